The van der Waals surface area contributed by atoms with E-state index in [-0.39, 0.29) is 18.0 Å². The van der Waals surface area contributed by atoms with Crippen LogP contribution in [-0.2, 0) is 11.2 Å². The van der Waals surface area contributed by atoms with Gasteiger partial charge in [0.15, 0.2) is 5.75 Å². The number of benzene rings is 1. The van der Waals surface area contributed by atoms with E-state index >= 15 is 0 Å². The van der Waals surface area contributed by atoms with E-state index in [4.69, 9.17) is 5.73 Å². The van der Waals surface area contributed by atoms with Gasteiger partial charge in [0, 0.05) is 6.07 Å². The molecule has 0 radical (unpaired) electrons. The molecule has 1 aromatic rings. The van der Waals surface area contributed by atoms with Crippen molar-refractivity contribution in [1.82, 2.24) is 5.32 Å². The third-order valence-corrected chi connectivity index (χ3v) is 2.35. The van der Waals surface area contributed by atoms with Crippen LogP contribution in [0.1, 0.15) is 12.0 Å². The zero-order valence-electron chi connectivity index (χ0n) is 9.76. The van der Waals surface area contributed by atoms with Crippen LogP contribution in [0.4, 0.5) is 5.69 Å². The molecule has 1 aromatic carbocycles. The summed E-state index contributed by atoms with van der Waals surface area (Å²) in [6, 6.07) is 4.26. The maximum Gasteiger partial charge on any atom is 0.310 e. The number of hydrogen-bond acceptors (Lipinski definition) is 5. The Bertz CT molecular complexity index is 448. The summed E-state index contributed by atoms with van der Waals surface area (Å²) in [7, 11) is 0. The van der Waals surface area contributed by atoms with Crippen molar-refractivity contribution in [1.29, 1.82) is 0 Å². The number of nitro benzene ring substituents is 1. The highest BCUT2D eigenvalue weighted by Crippen LogP contribution is 2.26. The summed E-state index contributed by atoms with van der Waals surface area (Å²) in [5.74, 6) is -0.745. The van der Waals surface area contributed by atoms with Gasteiger partial charge in [-0.1, -0.05) is 6.07 Å². The minimum atomic E-state index is -0.631. The molecule has 1 amide bonds. The average Bonchev–Trinajstić information content (AvgIpc) is 2.27. The Labute approximate surface area is 104 Å². The summed E-state index contributed by atoms with van der Waals surface area (Å²) < 4.78 is 0. The minimum Gasteiger partial charge on any atom is -0.502 e. The number of nitrogens with zero attached hydrogens (tertiary/aromatic N) is 1. The van der Waals surface area contributed by atoms with E-state index in [0.717, 1.165) is 12.0 Å². The van der Waals surface area contributed by atoms with Gasteiger partial charge in [-0.2, -0.15) is 0 Å². The van der Waals surface area contributed by atoms with E-state index in [2.05, 4.69) is 5.32 Å². The molecule has 7 heteroatoms. The van der Waals surface area contributed by atoms with E-state index < -0.39 is 10.8 Å². The second-order valence-electron chi connectivity index (χ2n) is 3.83. The molecule has 0 unspecified atom stereocenters. The first-order chi connectivity index (χ1) is 8.50. The Morgan fingerprint density at radius 3 is 2.78 bits per heavy atom. The molecule has 18 heavy (non-hydrogen) atoms. The fraction of sp³-hybridized carbons (Fsp3) is 0.364. The molecule has 1 rings (SSSR count). The third-order valence-electron chi connectivity index (χ3n) is 2.35. The molecular weight excluding hydrogens is 238 g/mol. The topological polar surface area (TPSA) is 118 Å². The molecule has 0 bridgehead atoms. The van der Waals surface area contributed by atoms with Crippen molar-refractivity contribution in [2.24, 2.45) is 5.73 Å². The summed E-state index contributed by atoms with van der Waals surface area (Å²) in [6.45, 7) is 0.742. The van der Waals surface area contributed by atoms with Crippen LogP contribution in [0.15, 0.2) is 18.2 Å². The number of nitrogens with one attached hydrogen (secondary N) is 1. The van der Waals surface area contributed by atoms with Gasteiger partial charge in [-0.3, -0.25) is 14.9 Å². The summed E-state index contributed by atoms with van der Waals surface area (Å²) in [4.78, 5) is 20.3. The van der Waals surface area contributed by atoms with Gasteiger partial charge in [0.2, 0.25) is 5.91 Å². The fourth-order valence-electron chi connectivity index (χ4n) is 1.51. The number of nitrogens with two attached hydrogens (primary N) is 1. The van der Waals surface area contributed by atoms with Gasteiger partial charge < -0.3 is 16.2 Å². The second kappa shape index (κ2) is 6.55. The zero-order chi connectivity index (χ0) is 13.5. The standard InChI is InChI=1S/C11H15N3O4/c12-11(16)7-13-5-1-2-8-3-4-9(14(17)18)10(15)6-8/h3-4,6,13,15H,1-2,5,7H2,(H2,12,16). The minimum absolute atomic E-state index is 0.130. The van der Waals surface area contributed by atoms with E-state index in [1.54, 1.807) is 6.07 Å². The molecule has 0 spiro atoms. The van der Waals surface area contributed by atoms with Crippen LogP contribution in [-0.4, -0.2) is 29.0 Å². The van der Waals surface area contributed by atoms with Crippen molar-refractivity contribution in [2.75, 3.05) is 13.1 Å². The van der Waals surface area contributed by atoms with Crippen molar-refractivity contribution >= 4 is 11.6 Å². The average molecular weight is 253 g/mol. The van der Waals surface area contributed by atoms with E-state index in [1.807, 2.05) is 0 Å². The summed E-state index contributed by atoms with van der Waals surface area (Å²) in [5.41, 5.74) is 5.46. The molecule has 0 saturated carbocycles. The highest BCUT2D eigenvalue weighted by Gasteiger charge is 2.12. The van der Waals surface area contributed by atoms with Crippen molar-refractivity contribution in [3.8, 4) is 5.75 Å². The molecule has 4 N–H and O–H groups in total. The van der Waals surface area contributed by atoms with Gasteiger partial charge in [0.1, 0.15) is 0 Å². The first-order valence-electron chi connectivity index (χ1n) is 5.46. The maximum atomic E-state index is 10.5. The number of phenolic OH excluding ortho intramolecular Hbond substituents is 1. The number of hydrogen-bond donors (Lipinski definition) is 3. The van der Waals surface area contributed by atoms with Crippen molar-refractivity contribution in [2.45, 2.75) is 12.8 Å². The molecule has 98 valence electrons. The number of aromatic hydroxyl groups is 1. The van der Waals surface area contributed by atoms with Crippen LogP contribution in [0.2, 0.25) is 0 Å². The number of phenols is 1. The van der Waals surface area contributed by atoms with Crippen LogP contribution in [0.25, 0.3) is 0 Å². The number of carbonyl (C=O) groups excluding carboxylic acids is 1. The van der Waals surface area contributed by atoms with Crippen molar-refractivity contribution < 1.29 is 14.8 Å². The molecule has 0 saturated heterocycles. The first-order valence-corrected chi connectivity index (χ1v) is 5.46. The number of nitro groups is 1. The van der Waals surface area contributed by atoms with Crippen LogP contribution in [0.5, 0.6) is 5.75 Å². The van der Waals surface area contributed by atoms with Crippen LogP contribution in [0.3, 0.4) is 0 Å². The van der Waals surface area contributed by atoms with Crippen LogP contribution < -0.4 is 11.1 Å². The van der Waals surface area contributed by atoms with Gasteiger partial charge >= 0.3 is 5.69 Å². The lowest BCUT2D eigenvalue weighted by Crippen LogP contribution is -2.29. The lowest BCUT2D eigenvalue weighted by Gasteiger charge is -2.04. The summed E-state index contributed by atoms with van der Waals surface area (Å²) in [5, 5.41) is 22.8. The van der Waals surface area contributed by atoms with Gasteiger partial charge in [-0.25, -0.2) is 0 Å². The van der Waals surface area contributed by atoms with E-state index in [9.17, 15) is 20.0 Å². The summed E-state index contributed by atoms with van der Waals surface area (Å²) >= 11 is 0. The Morgan fingerprint density at radius 2 is 2.22 bits per heavy atom. The SMILES string of the molecule is NC(=O)CNCCCc1ccc([N+](=O)[O-])c(O)c1. The molecule has 7 nitrogen and oxygen atoms in total. The van der Waals surface area contributed by atoms with Crippen molar-refractivity contribution in [3.05, 3.63) is 33.9 Å². The number of amides is 1. The molecule has 0 aliphatic rings. The molecule has 0 fully saturated rings. The van der Waals surface area contributed by atoms with Gasteiger partial charge in [0.25, 0.3) is 0 Å². The number of carbonyl (C=O) groups is 1. The molecule has 0 heterocycles. The van der Waals surface area contributed by atoms with E-state index in [1.165, 1.54) is 12.1 Å². The Balaban J connectivity index is 2.42. The highest BCUT2D eigenvalue weighted by atomic mass is 16.6. The predicted octanol–water partition coefficient (Wildman–Crippen LogP) is 0.308. The molecule has 0 atom stereocenters. The van der Waals surface area contributed by atoms with Crippen LogP contribution in [0, 0.1) is 10.1 Å². The van der Waals surface area contributed by atoms with Gasteiger partial charge in [-0.15, -0.1) is 0 Å². The highest BCUT2D eigenvalue weighted by molar-refractivity contribution is 5.75. The normalized spacial score (nSPS) is 10.2. The van der Waals surface area contributed by atoms with Crippen molar-refractivity contribution in [3.63, 3.8) is 0 Å². The third kappa shape index (κ3) is 4.38. The Hall–Kier alpha value is -2.15. The van der Waals surface area contributed by atoms with Gasteiger partial charge in [-0.05, 0) is 31.0 Å². The molecular formula is C11H15N3O4. The summed E-state index contributed by atoms with van der Waals surface area (Å²) in [6.07, 6.45) is 1.39. The van der Waals surface area contributed by atoms with Gasteiger partial charge in [0.05, 0.1) is 11.5 Å². The smallest absolute Gasteiger partial charge is 0.310 e. The Morgan fingerprint density at radius 1 is 1.50 bits per heavy atom. The van der Waals surface area contributed by atoms with Crippen LogP contribution >= 0.6 is 0 Å². The maximum absolute atomic E-state index is 10.5. The molecule has 0 aliphatic heterocycles. The van der Waals surface area contributed by atoms with E-state index in [0.29, 0.717) is 13.0 Å². The largest absolute Gasteiger partial charge is 0.502 e. The zero-order valence-corrected chi connectivity index (χ0v) is 9.76. The number of aryl methyl sites for hydroxylation is 1. The Kier molecular flexibility index (Phi) is 5.06. The number of rotatable bonds is 7. The quantitative estimate of drug-likeness (QED) is 0.367. The first kappa shape index (κ1) is 13.9. The molecule has 0 aliphatic carbocycles. The lowest BCUT2D eigenvalue weighted by atomic mass is 10.1. The number of primary amides is 1. The second-order valence-corrected chi connectivity index (χ2v) is 3.83. The molecule has 0 aromatic heterocycles. The monoisotopic (exact) mass is 253 g/mol. The lowest BCUT2D eigenvalue weighted by molar-refractivity contribution is -0.385. The fourth-order valence-corrected chi connectivity index (χ4v) is 1.51. The predicted molar refractivity (Wildman–Crippen MR) is 65.1 cm³/mol.